The van der Waals surface area contributed by atoms with Crippen molar-refractivity contribution in [3.05, 3.63) is 76.8 Å². The predicted octanol–water partition coefficient (Wildman–Crippen LogP) is 2.90. The smallest absolute Gasteiger partial charge is 0.430 e. The van der Waals surface area contributed by atoms with Gasteiger partial charge in [-0.1, -0.05) is 60.7 Å². The predicted molar refractivity (Wildman–Crippen MR) is 117 cm³/mol. The second kappa shape index (κ2) is 9.95. The molecule has 4 rings (SSSR count). The Morgan fingerprint density at radius 3 is 1.94 bits per heavy atom. The van der Waals surface area contributed by atoms with Crippen LogP contribution in [0.2, 0.25) is 0 Å². The van der Waals surface area contributed by atoms with E-state index in [2.05, 4.69) is 4.98 Å². The first-order chi connectivity index (χ1) is 16.4. The van der Waals surface area contributed by atoms with Crippen LogP contribution in [-0.2, 0) is 19.1 Å². The second-order valence-corrected chi connectivity index (χ2v) is 10.0. The summed E-state index contributed by atoms with van der Waals surface area (Å²) < 4.78 is 37.0. The lowest BCUT2D eigenvalue weighted by Gasteiger charge is -2.35. The lowest BCUT2D eigenvalue weighted by atomic mass is 9.96. The first-order valence-corrected chi connectivity index (χ1v) is 11.2. The largest absolute Gasteiger partial charge is 0.542 e. The Labute approximate surface area is 202 Å². The summed E-state index contributed by atoms with van der Waals surface area (Å²) in [5.41, 5.74) is 1.72. The fraction of sp³-hybridized carbons (Fsp3) is 0.348. The fourth-order valence-electron chi connectivity index (χ4n) is 3.84. The molecule has 0 aromatic heterocycles. The van der Waals surface area contributed by atoms with Gasteiger partial charge in [-0.25, -0.2) is 4.79 Å². The van der Waals surface area contributed by atoms with Crippen LogP contribution in [0.15, 0.2) is 60.7 Å². The first kappa shape index (κ1) is 26.0. The number of hydrogen-bond donors (Lipinski definition) is 0. The molecule has 2 aliphatic rings. The summed E-state index contributed by atoms with van der Waals surface area (Å²) in [4.78, 5) is 39.0. The van der Waals surface area contributed by atoms with Crippen LogP contribution < -0.4 is 5.11 Å². The number of nitrogens with zero attached hydrogens (tertiary/aromatic N) is 3. The minimum Gasteiger partial charge on any atom is -0.542 e. The second-order valence-electron chi connectivity index (χ2n) is 8.24. The van der Waals surface area contributed by atoms with E-state index in [1.54, 1.807) is 0 Å². The molecule has 0 N–H and O–H groups in total. The van der Waals surface area contributed by atoms with Crippen LogP contribution >= 0.6 is 11.8 Å². The van der Waals surface area contributed by atoms with Gasteiger partial charge >= 0.3 is 24.1 Å². The van der Waals surface area contributed by atoms with E-state index < -0.39 is 41.0 Å². The van der Waals surface area contributed by atoms with E-state index in [9.17, 15) is 22.8 Å². The van der Waals surface area contributed by atoms with Crippen LogP contribution in [0.25, 0.3) is 4.98 Å². The standard InChI is InChI=1S/C21H20N3O3S.C2HF3O2/c1-21(2)17(24-18(25)15(23-22)19(24)28-21)20(26)27-16(13-9-5-3-6-10-13)14-11-7-4-8-12-14;3-2(4,5)1(6)7/h3-12,15-17,19H,1-2H3;(H,6,7)/q+1;/p-1/t15-,17+,19-;/m1./s1. The van der Waals surface area contributed by atoms with Crippen molar-refractivity contribution < 1.29 is 37.4 Å². The number of hydrogen-bond acceptors (Lipinski definition) is 7. The molecule has 2 aromatic carbocycles. The number of ether oxygens (including phenoxy) is 1. The number of carboxylic acids is 1. The summed E-state index contributed by atoms with van der Waals surface area (Å²) in [5.74, 6) is -3.81. The van der Waals surface area contributed by atoms with Crippen LogP contribution in [0.4, 0.5) is 13.2 Å². The number of alkyl halides is 3. The molecule has 0 saturated carbocycles. The quantitative estimate of drug-likeness (QED) is 0.355. The third-order valence-electron chi connectivity index (χ3n) is 5.43. The van der Waals surface area contributed by atoms with Crippen molar-refractivity contribution in [1.82, 2.24) is 4.90 Å². The number of rotatable bonds is 4. The third-order valence-corrected chi connectivity index (χ3v) is 6.99. The number of benzene rings is 2. The van der Waals surface area contributed by atoms with Crippen molar-refractivity contribution in [3.8, 4) is 0 Å². The number of β-lactam (4-membered cyclic amide) rings is 1. The van der Waals surface area contributed by atoms with E-state index in [0.29, 0.717) is 0 Å². The Bertz CT molecular complexity index is 1100. The molecule has 12 heteroatoms. The average Bonchev–Trinajstić information content (AvgIpc) is 3.06. The number of carboxylic acid groups (broad SMARTS) is 1. The summed E-state index contributed by atoms with van der Waals surface area (Å²) in [6.45, 7) is 3.81. The number of thioether (sulfide) groups is 1. The number of halogens is 3. The van der Waals surface area contributed by atoms with E-state index in [0.717, 1.165) is 11.1 Å². The highest BCUT2D eigenvalue weighted by Crippen LogP contribution is 2.52. The Kier molecular flexibility index (Phi) is 7.40. The van der Waals surface area contributed by atoms with Crippen LogP contribution in [0, 0.1) is 5.39 Å². The molecule has 2 fully saturated rings. The van der Waals surface area contributed by atoms with Crippen molar-refractivity contribution in [2.24, 2.45) is 0 Å². The first-order valence-electron chi connectivity index (χ1n) is 10.3. The van der Waals surface area contributed by atoms with Crippen LogP contribution in [0.5, 0.6) is 0 Å². The zero-order chi connectivity index (χ0) is 26.0. The number of amides is 1. The molecule has 2 saturated heterocycles. The van der Waals surface area contributed by atoms with Gasteiger partial charge in [0.25, 0.3) is 0 Å². The minimum absolute atomic E-state index is 0.336. The molecule has 1 amide bonds. The molecule has 2 heterocycles. The van der Waals surface area contributed by atoms with Crippen molar-refractivity contribution in [2.75, 3.05) is 0 Å². The van der Waals surface area contributed by atoms with Crippen LogP contribution in [0.3, 0.4) is 0 Å². The van der Waals surface area contributed by atoms with Gasteiger partial charge in [0.1, 0.15) is 17.0 Å². The van der Waals surface area contributed by atoms with E-state index in [1.807, 2.05) is 74.5 Å². The van der Waals surface area contributed by atoms with E-state index in [4.69, 9.17) is 20.0 Å². The highest BCUT2D eigenvalue weighted by atomic mass is 32.2. The van der Waals surface area contributed by atoms with Gasteiger partial charge in [0, 0.05) is 4.75 Å². The molecule has 184 valence electrons. The van der Waals surface area contributed by atoms with Gasteiger partial charge in [0.15, 0.2) is 11.5 Å². The molecule has 0 radical (unpaired) electrons. The van der Waals surface area contributed by atoms with Gasteiger partial charge in [-0.15, -0.1) is 11.8 Å². The number of fused-ring (bicyclic) bond motifs is 1. The normalized spacial score (nSPS) is 22.3. The molecule has 8 nitrogen and oxygen atoms in total. The molecule has 0 spiro atoms. The van der Waals surface area contributed by atoms with Crippen molar-refractivity contribution in [3.63, 3.8) is 0 Å². The van der Waals surface area contributed by atoms with Crippen molar-refractivity contribution >= 4 is 29.6 Å². The molecule has 2 aromatic rings. The van der Waals surface area contributed by atoms with Crippen LogP contribution in [0.1, 0.15) is 31.1 Å². The number of esters is 1. The molecule has 0 unspecified atom stereocenters. The number of carbonyl (C=O) groups excluding carboxylic acids is 3. The van der Waals surface area contributed by atoms with E-state index in [1.165, 1.54) is 16.7 Å². The van der Waals surface area contributed by atoms with Gasteiger partial charge in [0.05, 0.1) is 0 Å². The molecule has 3 atom stereocenters. The highest BCUT2D eigenvalue weighted by Gasteiger charge is 2.70. The minimum atomic E-state index is -5.19. The fourth-order valence-corrected chi connectivity index (χ4v) is 5.44. The van der Waals surface area contributed by atoms with Gasteiger partial charge < -0.3 is 14.6 Å². The third kappa shape index (κ3) is 5.40. The van der Waals surface area contributed by atoms with E-state index >= 15 is 0 Å². The summed E-state index contributed by atoms with van der Waals surface area (Å²) in [6, 6.07) is 17.5. The Morgan fingerprint density at radius 2 is 1.54 bits per heavy atom. The molecular formula is C23H20F3N3O5S. The van der Waals surface area contributed by atoms with Gasteiger partial charge in [0.2, 0.25) is 5.39 Å². The zero-order valence-corrected chi connectivity index (χ0v) is 19.3. The Morgan fingerprint density at radius 1 is 1.09 bits per heavy atom. The summed E-state index contributed by atoms with van der Waals surface area (Å²) in [7, 11) is 0. The number of carbonyl (C=O) groups is 3. The molecule has 0 bridgehead atoms. The molecule has 0 aliphatic carbocycles. The number of aliphatic carboxylic acids is 1. The summed E-state index contributed by atoms with van der Waals surface area (Å²) in [5, 5.41) is 17.5. The highest BCUT2D eigenvalue weighted by molar-refractivity contribution is 8.01. The Hall–Kier alpha value is -3.59. The van der Waals surface area contributed by atoms with Gasteiger partial charge in [-0.05, 0) is 25.0 Å². The van der Waals surface area contributed by atoms with Crippen LogP contribution in [-0.4, -0.2) is 51.1 Å². The van der Waals surface area contributed by atoms with Crippen molar-refractivity contribution in [2.45, 2.75) is 48.3 Å². The monoisotopic (exact) mass is 507 g/mol. The molecule has 2 aliphatic heterocycles. The number of diazo groups is 1. The SMILES string of the molecule is CC1(C)S[C@@H]2[C@H]([N+]#N)C(=O)N2[C@H]1C(=O)OC(c1ccccc1)c1ccccc1.O=C([O-])C(F)(F)F. The summed E-state index contributed by atoms with van der Waals surface area (Å²) >= 11 is 1.46. The maximum atomic E-state index is 13.2. The maximum absolute atomic E-state index is 13.2. The lowest BCUT2D eigenvalue weighted by Crippen LogP contribution is -2.64. The molecular weight excluding hydrogens is 487 g/mol. The van der Waals surface area contributed by atoms with Gasteiger partial charge in [-0.2, -0.15) is 13.2 Å². The topological polar surface area (TPSA) is 115 Å². The van der Waals surface area contributed by atoms with Crippen molar-refractivity contribution in [1.29, 1.82) is 5.39 Å². The average molecular weight is 507 g/mol. The lowest BCUT2D eigenvalue weighted by molar-refractivity contribution is -0.344. The maximum Gasteiger partial charge on any atom is 0.430 e. The van der Waals surface area contributed by atoms with E-state index in [-0.39, 0.29) is 11.3 Å². The molecule has 35 heavy (non-hydrogen) atoms. The Balaban J connectivity index is 0.000000429. The summed E-state index contributed by atoms with van der Waals surface area (Å²) in [6.07, 6.45) is -5.76. The zero-order valence-electron chi connectivity index (χ0n) is 18.5. The van der Waals surface area contributed by atoms with Gasteiger partial charge in [-0.3, -0.25) is 9.69 Å².